The van der Waals surface area contributed by atoms with Crippen molar-refractivity contribution < 1.29 is 14.3 Å². The molecule has 2 fully saturated rings. The lowest BCUT2D eigenvalue weighted by atomic mass is 9.98. The molecule has 0 spiro atoms. The van der Waals surface area contributed by atoms with Gasteiger partial charge in [-0.1, -0.05) is 6.42 Å². The molecule has 1 aliphatic heterocycles. The Balaban J connectivity index is 1.78. The van der Waals surface area contributed by atoms with Crippen LogP contribution in [0.4, 0.5) is 0 Å². The van der Waals surface area contributed by atoms with Gasteiger partial charge >= 0.3 is 5.97 Å². The maximum absolute atomic E-state index is 11.6. The van der Waals surface area contributed by atoms with Crippen molar-refractivity contribution >= 4 is 11.9 Å². The minimum Gasteiger partial charge on any atom is -0.461 e. The van der Waals surface area contributed by atoms with Crippen molar-refractivity contribution in [1.82, 2.24) is 5.32 Å². The molecule has 0 aromatic carbocycles. The highest BCUT2D eigenvalue weighted by Crippen LogP contribution is 2.21. The molecule has 0 aromatic rings. The molecule has 4 heteroatoms. The van der Waals surface area contributed by atoms with Crippen molar-refractivity contribution in [2.45, 2.75) is 57.1 Å². The van der Waals surface area contributed by atoms with Crippen LogP contribution in [-0.2, 0) is 14.3 Å². The summed E-state index contributed by atoms with van der Waals surface area (Å²) in [6.45, 7) is 0. The largest absolute Gasteiger partial charge is 0.461 e. The third-order valence-electron chi connectivity index (χ3n) is 3.11. The van der Waals surface area contributed by atoms with E-state index in [9.17, 15) is 9.59 Å². The lowest BCUT2D eigenvalue weighted by Gasteiger charge is -2.23. The predicted molar refractivity (Wildman–Crippen MR) is 54.1 cm³/mol. The fourth-order valence-corrected chi connectivity index (χ4v) is 2.22. The van der Waals surface area contributed by atoms with Crippen LogP contribution in [0.5, 0.6) is 0 Å². The van der Waals surface area contributed by atoms with Crippen LogP contribution in [-0.4, -0.2) is 24.0 Å². The van der Waals surface area contributed by atoms with Crippen LogP contribution in [0.2, 0.25) is 0 Å². The van der Waals surface area contributed by atoms with E-state index in [1.165, 1.54) is 6.42 Å². The maximum atomic E-state index is 11.6. The first-order valence-corrected chi connectivity index (χ1v) is 5.75. The molecule has 1 saturated heterocycles. The summed E-state index contributed by atoms with van der Waals surface area (Å²) in [7, 11) is 0. The van der Waals surface area contributed by atoms with Gasteiger partial charge in [-0.05, 0) is 32.1 Å². The van der Waals surface area contributed by atoms with Gasteiger partial charge in [-0.3, -0.25) is 4.79 Å². The number of hydrogen-bond donors (Lipinski definition) is 1. The van der Waals surface area contributed by atoms with Gasteiger partial charge in [0.2, 0.25) is 5.91 Å². The number of hydrogen-bond acceptors (Lipinski definition) is 3. The molecule has 84 valence electrons. The summed E-state index contributed by atoms with van der Waals surface area (Å²) in [5.74, 6) is -0.284. The van der Waals surface area contributed by atoms with E-state index in [0.29, 0.717) is 12.8 Å². The van der Waals surface area contributed by atoms with Crippen LogP contribution in [0.3, 0.4) is 0 Å². The molecule has 0 bridgehead atoms. The van der Waals surface area contributed by atoms with Gasteiger partial charge in [0, 0.05) is 6.42 Å². The van der Waals surface area contributed by atoms with Crippen LogP contribution >= 0.6 is 0 Å². The third kappa shape index (κ3) is 2.70. The zero-order valence-electron chi connectivity index (χ0n) is 8.83. The standard InChI is InChI=1S/C11H17NO3/c13-10-7-6-9(12-10)11(14)15-8-4-2-1-3-5-8/h8-9H,1-7H2,(H,12,13)/t9-/m1/s1. The SMILES string of the molecule is O=C1CC[C@H](C(=O)OC2CCCCC2)N1. The lowest BCUT2D eigenvalue weighted by Crippen LogP contribution is -2.37. The molecule has 1 aliphatic carbocycles. The maximum Gasteiger partial charge on any atom is 0.328 e. The number of carbonyl (C=O) groups excluding carboxylic acids is 2. The van der Waals surface area contributed by atoms with Crippen LogP contribution < -0.4 is 5.32 Å². The van der Waals surface area contributed by atoms with Crippen molar-refractivity contribution in [3.8, 4) is 0 Å². The van der Waals surface area contributed by atoms with Gasteiger partial charge in [-0.2, -0.15) is 0 Å². The Bertz CT molecular complexity index is 259. The molecule has 15 heavy (non-hydrogen) atoms. The summed E-state index contributed by atoms with van der Waals surface area (Å²) in [6, 6.07) is -0.389. The minimum absolute atomic E-state index is 0.0411. The quantitative estimate of drug-likeness (QED) is 0.697. The fourth-order valence-electron chi connectivity index (χ4n) is 2.22. The summed E-state index contributed by atoms with van der Waals surface area (Å²) in [4.78, 5) is 22.6. The first-order chi connectivity index (χ1) is 7.25. The molecule has 4 nitrogen and oxygen atoms in total. The number of ether oxygens (including phenoxy) is 1. The van der Waals surface area contributed by atoms with E-state index >= 15 is 0 Å². The predicted octanol–water partition coefficient (Wildman–Crippen LogP) is 1.14. The van der Waals surface area contributed by atoms with E-state index in [1.54, 1.807) is 0 Å². The number of esters is 1. The zero-order chi connectivity index (χ0) is 10.7. The number of rotatable bonds is 2. The Hall–Kier alpha value is -1.06. The molecular formula is C11H17NO3. The van der Waals surface area contributed by atoms with E-state index in [4.69, 9.17) is 4.74 Å². The van der Waals surface area contributed by atoms with Crippen molar-refractivity contribution in [1.29, 1.82) is 0 Å². The lowest BCUT2D eigenvalue weighted by molar-refractivity contribution is -0.153. The monoisotopic (exact) mass is 211 g/mol. The second kappa shape index (κ2) is 4.64. The smallest absolute Gasteiger partial charge is 0.328 e. The topological polar surface area (TPSA) is 55.4 Å². The molecule has 0 unspecified atom stereocenters. The molecule has 1 amide bonds. The van der Waals surface area contributed by atoms with E-state index in [1.807, 2.05) is 0 Å². The molecular weight excluding hydrogens is 194 g/mol. The second-order valence-corrected chi connectivity index (χ2v) is 4.36. The molecule has 0 aromatic heterocycles. The summed E-state index contributed by atoms with van der Waals surface area (Å²) in [5.41, 5.74) is 0. The van der Waals surface area contributed by atoms with Crippen LogP contribution in [0, 0.1) is 0 Å². The zero-order valence-corrected chi connectivity index (χ0v) is 8.83. The average Bonchev–Trinajstić information content (AvgIpc) is 2.66. The van der Waals surface area contributed by atoms with E-state index < -0.39 is 0 Å². The number of amides is 1. The molecule has 1 N–H and O–H groups in total. The van der Waals surface area contributed by atoms with Crippen molar-refractivity contribution in [2.75, 3.05) is 0 Å². The van der Waals surface area contributed by atoms with Gasteiger partial charge in [0.15, 0.2) is 0 Å². The van der Waals surface area contributed by atoms with Gasteiger partial charge in [0.1, 0.15) is 12.1 Å². The van der Waals surface area contributed by atoms with Crippen molar-refractivity contribution in [2.24, 2.45) is 0 Å². The first-order valence-electron chi connectivity index (χ1n) is 5.75. The summed E-state index contributed by atoms with van der Waals surface area (Å²) in [5, 5.41) is 2.63. The Morgan fingerprint density at radius 3 is 2.53 bits per heavy atom. The van der Waals surface area contributed by atoms with Gasteiger partial charge in [0.05, 0.1) is 0 Å². The van der Waals surface area contributed by atoms with E-state index in [-0.39, 0.29) is 24.0 Å². The Kier molecular flexibility index (Phi) is 3.23. The summed E-state index contributed by atoms with van der Waals surface area (Å²) < 4.78 is 5.37. The molecule has 1 atom stereocenters. The van der Waals surface area contributed by atoms with Crippen LogP contribution in [0.25, 0.3) is 0 Å². The Morgan fingerprint density at radius 2 is 1.93 bits per heavy atom. The van der Waals surface area contributed by atoms with E-state index in [0.717, 1.165) is 25.7 Å². The summed E-state index contributed by atoms with van der Waals surface area (Å²) in [6.07, 6.45) is 6.62. The van der Waals surface area contributed by atoms with Gasteiger partial charge < -0.3 is 10.1 Å². The van der Waals surface area contributed by atoms with Gasteiger partial charge in [0.25, 0.3) is 0 Å². The van der Waals surface area contributed by atoms with Crippen LogP contribution in [0.1, 0.15) is 44.9 Å². The fraction of sp³-hybridized carbons (Fsp3) is 0.818. The normalized spacial score (nSPS) is 27.5. The minimum atomic E-state index is -0.389. The van der Waals surface area contributed by atoms with Gasteiger partial charge in [-0.25, -0.2) is 4.79 Å². The molecule has 2 aliphatic rings. The molecule has 0 radical (unpaired) electrons. The van der Waals surface area contributed by atoms with Crippen LogP contribution in [0.15, 0.2) is 0 Å². The highest BCUT2D eigenvalue weighted by molar-refractivity contribution is 5.88. The Morgan fingerprint density at radius 1 is 1.20 bits per heavy atom. The first kappa shape index (κ1) is 10.5. The number of carbonyl (C=O) groups is 2. The molecule has 1 saturated carbocycles. The molecule has 1 heterocycles. The van der Waals surface area contributed by atoms with E-state index in [2.05, 4.69) is 5.32 Å². The highest BCUT2D eigenvalue weighted by atomic mass is 16.5. The Labute approximate surface area is 89.4 Å². The second-order valence-electron chi connectivity index (χ2n) is 4.36. The average molecular weight is 211 g/mol. The third-order valence-corrected chi connectivity index (χ3v) is 3.11. The van der Waals surface area contributed by atoms with Gasteiger partial charge in [-0.15, -0.1) is 0 Å². The highest BCUT2D eigenvalue weighted by Gasteiger charge is 2.30. The van der Waals surface area contributed by atoms with Crippen molar-refractivity contribution in [3.63, 3.8) is 0 Å². The number of nitrogens with one attached hydrogen (secondary N) is 1. The summed E-state index contributed by atoms with van der Waals surface area (Å²) >= 11 is 0. The van der Waals surface area contributed by atoms with Crippen molar-refractivity contribution in [3.05, 3.63) is 0 Å². The molecule has 2 rings (SSSR count).